The summed E-state index contributed by atoms with van der Waals surface area (Å²) in [7, 11) is 0. The Balaban J connectivity index is 1.55. The van der Waals surface area contributed by atoms with E-state index < -0.39 is 0 Å². The van der Waals surface area contributed by atoms with Crippen LogP contribution in [0.25, 0.3) is 0 Å². The maximum absolute atomic E-state index is 12.8. The SMILES string of the molecule is CC(=O)OCC(=O)[C@@H]1CC[C@@H]2[C@@H]3CC=C4C[C@@H](O)CC[C@]4(C)[C@H]3CC[C@@]21C. The largest absolute Gasteiger partial charge is 0.458 e. The molecule has 4 aliphatic rings. The third-order valence-electron chi connectivity index (χ3n) is 8.88. The minimum atomic E-state index is -0.371. The molecule has 7 atom stereocenters. The highest BCUT2D eigenvalue weighted by Gasteiger charge is 2.59. The number of aliphatic hydroxyl groups excluding tert-OH is 1. The van der Waals surface area contributed by atoms with Crippen LogP contribution in [0.4, 0.5) is 0 Å². The summed E-state index contributed by atoms with van der Waals surface area (Å²) in [6.07, 6.45) is 10.6. The molecule has 4 heteroatoms. The lowest BCUT2D eigenvalue weighted by Crippen LogP contribution is -2.51. The Hall–Kier alpha value is -1.16. The maximum Gasteiger partial charge on any atom is 0.303 e. The van der Waals surface area contributed by atoms with Gasteiger partial charge in [0.05, 0.1) is 6.10 Å². The van der Waals surface area contributed by atoms with Crippen LogP contribution in [0, 0.1) is 34.5 Å². The van der Waals surface area contributed by atoms with Crippen molar-refractivity contribution < 1.29 is 19.4 Å². The van der Waals surface area contributed by atoms with E-state index in [-0.39, 0.29) is 41.2 Å². The molecule has 0 amide bonds. The summed E-state index contributed by atoms with van der Waals surface area (Å²) < 4.78 is 5.02. The van der Waals surface area contributed by atoms with Crippen molar-refractivity contribution in [2.45, 2.75) is 78.2 Å². The molecule has 4 rings (SSSR count). The van der Waals surface area contributed by atoms with E-state index in [1.807, 2.05) is 0 Å². The molecule has 4 aliphatic carbocycles. The Morgan fingerprint density at radius 1 is 1.15 bits per heavy atom. The fraction of sp³-hybridized carbons (Fsp3) is 0.826. The van der Waals surface area contributed by atoms with Crippen LogP contribution in [0.5, 0.6) is 0 Å². The zero-order chi connectivity index (χ0) is 19.4. The molecule has 0 aliphatic heterocycles. The average molecular weight is 375 g/mol. The first-order valence-corrected chi connectivity index (χ1v) is 10.8. The number of ether oxygens (including phenoxy) is 1. The highest BCUT2D eigenvalue weighted by atomic mass is 16.5. The molecule has 150 valence electrons. The Morgan fingerprint density at radius 3 is 2.67 bits per heavy atom. The zero-order valence-corrected chi connectivity index (χ0v) is 17.0. The first kappa shape index (κ1) is 19.2. The van der Waals surface area contributed by atoms with Crippen molar-refractivity contribution in [1.29, 1.82) is 0 Å². The molecule has 0 aromatic heterocycles. The van der Waals surface area contributed by atoms with Crippen molar-refractivity contribution in [3.05, 3.63) is 11.6 Å². The molecule has 0 saturated heterocycles. The number of carbonyl (C=O) groups is 2. The number of allylic oxidation sites excluding steroid dienone is 1. The second-order valence-corrected chi connectivity index (χ2v) is 10.1. The molecular weight excluding hydrogens is 340 g/mol. The first-order chi connectivity index (χ1) is 12.8. The number of hydrogen-bond donors (Lipinski definition) is 1. The second kappa shape index (κ2) is 6.72. The molecule has 3 fully saturated rings. The lowest BCUT2D eigenvalue weighted by Gasteiger charge is -2.57. The van der Waals surface area contributed by atoms with Crippen LogP contribution < -0.4 is 0 Å². The molecule has 0 bridgehead atoms. The molecule has 0 spiro atoms. The minimum absolute atomic E-state index is 0.0363. The summed E-state index contributed by atoms with van der Waals surface area (Å²) in [6, 6.07) is 0. The van der Waals surface area contributed by atoms with E-state index in [1.54, 1.807) is 0 Å². The molecule has 0 aromatic carbocycles. The number of ketones is 1. The normalized spacial score (nSPS) is 45.9. The van der Waals surface area contributed by atoms with Crippen molar-refractivity contribution in [3.8, 4) is 0 Å². The van der Waals surface area contributed by atoms with Crippen molar-refractivity contribution in [3.63, 3.8) is 0 Å². The number of hydrogen-bond acceptors (Lipinski definition) is 4. The fourth-order valence-corrected chi connectivity index (χ4v) is 7.44. The van der Waals surface area contributed by atoms with E-state index in [0.29, 0.717) is 17.8 Å². The van der Waals surface area contributed by atoms with Gasteiger partial charge in [-0.1, -0.05) is 25.5 Å². The van der Waals surface area contributed by atoms with Gasteiger partial charge in [0.25, 0.3) is 0 Å². The summed E-state index contributed by atoms with van der Waals surface area (Å²) in [4.78, 5) is 23.9. The number of aliphatic hydroxyl groups is 1. The van der Waals surface area contributed by atoms with Gasteiger partial charge in [0.1, 0.15) is 6.61 Å². The van der Waals surface area contributed by atoms with Crippen LogP contribution in [0.3, 0.4) is 0 Å². The molecule has 0 unspecified atom stereocenters. The van der Waals surface area contributed by atoms with Crippen LogP contribution in [0.2, 0.25) is 0 Å². The van der Waals surface area contributed by atoms with Crippen molar-refractivity contribution in [1.82, 2.24) is 0 Å². The molecule has 0 aromatic rings. The van der Waals surface area contributed by atoms with Crippen LogP contribution in [0.1, 0.15) is 72.1 Å². The van der Waals surface area contributed by atoms with Gasteiger partial charge < -0.3 is 9.84 Å². The molecular formula is C23H34O4. The molecule has 0 heterocycles. The van der Waals surface area contributed by atoms with E-state index in [2.05, 4.69) is 19.9 Å². The van der Waals surface area contributed by atoms with Gasteiger partial charge >= 0.3 is 5.97 Å². The van der Waals surface area contributed by atoms with E-state index in [0.717, 1.165) is 44.9 Å². The number of rotatable bonds is 3. The summed E-state index contributed by atoms with van der Waals surface area (Å²) in [5.41, 5.74) is 1.78. The van der Waals surface area contributed by atoms with Crippen molar-refractivity contribution in [2.24, 2.45) is 34.5 Å². The van der Waals surface area contributed by atoms with Crippen LogP contribution in [-0.4, -0.2) is 29.6 Å². The molecule has 4 nitrogen and oxygen atoms in total. The Bertz CT molecular complexity index is 667. The highest BCUT2D eigenvalue weighted by Crippen LogP contribution is 2.66. The smallest absolute Gasteiger partial charge is 0.303 e. The molecule has 3 saturated carbocycles. The summed E-state index contributed by atoms with van der Waals surface area (Å²) >= 11 is 0. The van der Waals surface area contributed by atoms with Gasteiger partial charge in [0.2, 0.25) is 0 Å². The fourth-order valence-electron chi connectivity index (χ4n) is 7.44. The summed E-state index contributed by atoms with van der Waals surface area (Å²) in [6.45, 7) is 6.06. The van der Waals surface area contributed by atoms with Gasteiger partial charge in [0.15, 0.2) is 5.78 Å². The lowest BCUT2D eigenvalue weighted by atomic mass is 9.47. The highest BCUT2D eigenvalue weighted by molar-refractivity contribution is 5.85. The predicted octanol–water partition coefficient (Wildman–Crippen LogP) is 4.06. The molecule has 27 heavy (non-hydrogen) atoms. The van der Waals surface area contributed by atoms with Crippen LogP contribution >= 0.6 is 0 Å². The van der Waals surface area contributed by atoms with Gasteiger partial charge in [-0.15, -0.1) is 0 Å². The zero-order valence-electron chi connectivity index (χ0n) is 17.0. The van der Waals surface area contributed by atoms with Gasteiger partial charge in [-0.05, 0) is 80.0 Å². The van der Waals surface area contributed by atoms with E-state index in [9.17, 15) is 14.7 Å². The van der Waals surface area contributed by atoms with E-state index >= 15 is 0 Å². The van der Waals surface area contributed by atoms with Crippen molar-refractivity contribution in [2.75, 3.05) is 6.61 Å². The van der Waals surface area contributed by atoms with Gasteiger partial charge in [-0.3, -0.25) is 9.59 Å². The van der Waals surface area contributed by atoms with Gasteiger partial charge in [-0.2, -0.15) is 0 Å². The monoisotopic (exact) mass is 374 g/mol. The number of carbonyl (C=O) groups excluding carboxylic acids is 2. The molecule has 0 radical (unpaired) electrons. The Kier molecular flexibility index (Phi) is 4.77. The van der Waals surface area contributed by atoms with E-state index in [1.165, 1.54) is 18.9 Å². The second-order valence-electron chi connectivity index (χ2n) is 10.1. The standard InChI is InChI=1S/C23H34O4/c1-14(24)27-13-21(26)20-7-6-18-17-5-4-15-12-16(25)8-10-22(15,2)19(17)9-11-23(18,20)3/h4,16-20,25H,5-13H2,1-3H3/t16-,17-,18+,19-,20-,22-,23-/m0/s1. The Labute approximate surface area is 162 Å². The number of fused-ring (bicyclic) bond motifs is 5. The summed E-state index contributed by atoms with van der Waals surface area (Å²) in [5, 5.41) is 10.1. The van der Waals surface area contributed by atoms with Crippen LogP contribution in [0.15, 0.2) is 11.6 Å². The third kappa shape index (κ3) is 2.99. The van der Waals surface area contributed by atoms with Crippen molar-refractivity contribution >= 4 is 11.8 Å². The first-order valence-electron chi connectivity index (χ1n) is 10.8. The maximum atomic E-state index is 12.8. The third-order valence-corrected chi connectivity index (χ3v) is 8.88. The van der Waals surface area contributed by atoms with E-state index in [4.69, 9.17) is 4.74 Å². The number of Topliss-reactive ketones (excluding diaryl/α,β-unsaturated/α-hetero) is 1. The topological polar surface area (TPSA) is 63.6 Å². The summed E-state index contributed by atoms with van der Waals surface area (Å²) in [5.74, 6) is 1.71. The Morgan fingerprint density at radius 2 is 1.93 bits per heavy atom. The van der Waals surface area contributed by atoms with Gasteiger partial charge in [0, 0.05) is 12.8 Å². The van der Waals surface area contributed by atoms with Crippen LogP contribution in [-0.2, 0) is 14.3 Å². The minimum Gasteiger partial charge on any atom is -0.458 e. The average Bonchev–Trinajstić information content (AvgIpc) is 2.97. The predicted molar refractivity (Wildman–Crippen MR) is 103 cm³/mol. The quantitative estimate of drug-likeness (QED) is 0.598. The number of esters is 1. The van der Waals surface area contributed by atoms with Gasteiger partial charge in [-0.25, -0.2) is 0 Å². The lowest BCUT2D eigenvalue weighted by molar-refractivity contribution is -0.149. The molecule has 1 N–H and O–H groups in total.